The molecule has 4 rings (SSSR count). The van der Waals surface area contributed by atoms with Crippen molar-refractivity contribution in [1.82, 2.24) is 15.1 Å². The van der Waals surface area contributed by atoms with Crippen LogP contribution in [0.3, 0.4) is 0 Å². The Kier molecular flexibility index (Phi) is 3.44. The Hall–Kier alpha value is -2.50. The number of hydrogen-bond acceptors (Lipinski definition) is 5. The highest BCUT2D eigenvalue weighted by molar-refractivity contribution is 5.91. The van der Waals surface area contributed by atoms with Crippen LogP contribution < -0.4 is 5.32 Å². The summed E-state index contributed by atoms with van der Waals surface area (Å²) < 4.78 is 18.8. The van der Waals surface area contributed by atoms with Crippen LogP contribution >= 0.6 is 0 Å². The van der Waals surface area contributed by atoms with Gasteiger partial charge in [0.05, 0.1) is 5.52 Å². The van der Waals surface area contributed by atoms with Crippen molar-refractivity contribution in [3.05, 3.63) is 47.5 Å². The first kappa shape index (κ1) is 14.1. The van der Waals surface area contributed by atoms with Crippen LogP contribution in [0.4, 0.5) is 10.1 Å². The van der Waals surface area contributed by atoms with E-state index >= 15 is 0 Å². The highest BCUT2D eigenvalue weighted by atomic mass is 19.1. The number of benzene rings is 1. The summed E-state index contributed by atoms with van der Waals surface area (Å²) in [5.74, 6) is 1.69. The summed E-state index contributed by atoms with van der Waals surface area (Å²) in [7, 11) is 0. The molecule has 0 spiro atoms. The number of aromatic nitrogens is 3. The molecule has 0 bridgehead atoms. The minimum absolute atomic E-state index is 0.267. The monoisotopic (exact) mass is 312 g/mol. The zero-order valence-electron chi connectivity index (χ0n) is 12.8. The van der Waals surface area contributed by atoms with Crippen LogP contribution in [0.5, 0.6) is 0 Å². The molecule has 2 heterocycles. The molecule has 0 saturated heterocycles. The third-order valence-electron chi connectivity index (χ3n) is 3.98. The molecule has 0 atom stereocenters. The summed E-state index contributed by atoms with van der Waals surface area (Å²) >= 11 is 0. The molecule has 1 N–H and O–H groups in total. The summed E-state index contributed by atoms with van der Waals surface area (Å²) in [6, 6.07) is 6.55. The largest absolute Gasteiger partial charge is 0.384 e. The second-order valence-electron chi connectivity index (χ2n) is 5.97. The number of halogens is 1. The molecule has 3 aromatic rings. The molecule has 1 aliphatic carbocycles. The van der Waals surface area contributed by atoms with Gasteiger partial charge in [0, 0.05) is 35.7 Å². The number of nitrogens with zero attached hydrogens (tertiary/aromatic N) is 3. The lowest BCUT2D eigenvalue weighted by atomic mass is 10.1. The number of pyridine rings is 1. The minimum atomic E-state index is -0.267. The van der Waals surface area contributed by atoms with Crippen LogP contribution in [-0.4, -0.2) is 21.7 Å². The van der Waals surface area contributed by atoms with E-state index in [2.05, 4.69) is 20.4 Å². The SMILES string of the molecule is Cc1cc(NCCc2nc(C3CC3)no2)c2cc(F)ccc2n1. The number of fused-ring (bicyclic) bond motifs is 1. The van der Waals surface area contributed by atoms with Crippen molar-refractivity contribution >= 4 is 16.6 Å². The number of anilines is 1. The molecule has 0 amide bonds. The van der Waals surface area contributed by atoms with E-state index in [1.54, 1.807) is 6.07 Å². The molecule has 1 aliphatic rings. The van der Waals surface area contributed by atoms with Crippen LogP contribution in [0, 0.1) is 12.7 Å². The lowest BCUT2D eigenvalue weighted by Gasteiger charge is -2.10. The number of hydrogen-bond donors (Lipinski definition) is 1. The minimum Gasteiger partial charge on any atom is -0.384 e. The zero-order valence-corrected chi connectivity index (χ0v) is 12.8. The van der Waals surface area contributed by atoms with Crippen molar-refractivity contribution in [3.63, 3.8) is 0 Å². The topological polar surface area (TPSA) is 63.8 Å². The van der Waals surface area contributed by atoms with Gasteiger partial charge in [0.15, 0.2) is 5.82 Å². The highest BCUT2D eigenvalue weighted by Gasteiger charge is 2.28. The van der Waals surface area contributed by atoms with Gasteiger partial charge in [0.25, 0.3) is 0 Å². The first-order chi connectivity index (χ1) is 11.2. The third kappa shape index (κ3) is 3.02. The molecule has 0 unspecified atom stereocenters. The Morgan fingerprint density at radius 3 is 2.96 bits per heavy atom. The van der Waals surface area contributed by atoms with Gasteiger partial charge < -0.3 is 9.84 Å². The Bertz CT molecular complexity index is 857. The van der Waals surface area contributed by atoms with E-state index in [-0.39, 0.29) is 5.82 Å². The van der Waals surface area contributed by atoms with E-state index < -0.39 is 0 Å². The molecule has 1 fully saturated rings. The Balaban J connectivity index is 1.49. The number of nitrogens with one attached hydrogen (secondary N) is 1. The molecular formula is C17H17FN4O. The van der Waals surface area contributed by atoms with Gasteiger partial charge in [-0.25, -0.2) is 4.39 Å². The molecule has 0 radical (unpaired) electrons. The highest BCUT2D eigenvalue weighted by Crippen LogP contribution is 2.38. The average Bonchev–Trinajstić information content (AvgIpc) is 3.27. The third-order valence-corrected chi connectivity index (χ3v) is 3.98. The van der Waals surface area contributed by atoms with Gasteiger partial charge in [-0.15, -0.1) is 0 Å². The van der Waals surface area contributed by atoms with E-state index in [4.69, 9.17) is 4.52 Å². The Morgan fingerprint density at radius 1 is 1.26 bits per heavy atom. The first-order valence-electron chi connectivity index (χ1n) is 7.82. The summed E-state index contributed by atoms with van der Waals surface area (Å²) in [4.78, 5) is 8.83. The zero-order chi connectivity index (χ0) is 15.8. The van der Waals surface area contributed by atoms with Crippen molar-refractivity contribution in [3.8, 4) is 0 Å². The average molecular weight is 312 g/mol. The van der Waals surface area contributed by atoms with Gasteiger partial charge in [0.1, 0.15) is 5.82 Å². The van der Waals surface area contributed by atoms with Gasteiger partial charge in [-0.1, -0.05) is 5.16 Å². The van der Waals surface area contributed by atoms with Gasteiger partial charge in [-0.05, 0) is 44.0 Å². The van der Waals surface area contributed by atoms with Gasteiger partial charge >= 0.3 is 0 Å². The Morgan fingerprint density at radius 2 is 2.13 bits per heavy atom. The van der Waals surface area contributed by atoms with Crippen molar-refractivity contribution in [1.29, 1.82) is 0 Å². The molecule has 1 aromatic carbocycles. The van der Waals surface area contributed by atoms with Crippen molar-refractivity contribution in [2.75, 3.05) is 11.9 Å². The molecule has 5 nitrogen and oxygen atoms in total. The lowest BCUT2D eigenvalue weighted by molar-refractivity contribution is 0.375. The first-order valence-corrected chi connectivity index (χ1v) is 7.82. The second-order valence-corrected chi connectivity index (χ2v) is 5.97. The fourth-order valence-corrected chi connectivity index (χ4v) is 2.66. The van der Waals surface area contributed by atoms with E-state index in [1.165, 1.54) is 12.1 Å². The summed E-state index contributed by atoms with van der Waals surface area (Å²) in [6.45, 7) is 2.56. The maximum Gasteiger partial charge on any atom is 0.228 e. The predicted octanol–water partition coefficient (Wildman–Crippen LogP) is 3.60. The summed E-state index contributed by atoms with van der Waals surface area (Å²) in [5, 5.41) is 8.11. The van der Waals surface area contributed by atoms with Crippen molar-refractivity contribution in [2.45, 2.75) is 32.1 Å². The van der Waals surface area contributed by atoms with E-state index in [0.29, 0.717) is 24.8 Å². The molecule has 6 heteroatoms. The summed E-state index contributed by atoms with van der Waals surface area (Å²) in [6.07, 6.45) is 2.95. The molecule has 2 aromatic heterocycles. The quantitative estimate of drug-likeness (QED) is 0.780. The fraction of sp³-hybridized carbons (Fsp3) is 0.353. The van der Waals surface area contributed by atoms with E-state index in [1.807, 2.05) is 13.0 Å². The van der Waals surface area contributed by atoms with Gasteiger partial charge in [-0.3, -0.25) is 4.98 Å². The van der Waals surface area contributed by atoms with Gasteiger partial charge in [0.2, 0.25) is 5.89 Å². The normalized spacial score (nSPS) is 14.3. The van der Waals surface area contributed by atoms with Crippen molar-refractivity contribution < 1.29 is 8.91 Å². The van der Waals surface area contributed by atoms with Crippen LogP contribution in [0.25, 0.3) is 10.9 Å². The summed E-state index contributed by atoms with van der Waals surface area (Å²) in [5.41, 5.74) is 2.54. The molecule has 23 heavy (non-hydrogen) atoms. The molecular weight excluding hydrogens is 295 g/mol. The smallest absolute Gasteiger partial charge is 0.228 e. The second kappa shape index (κ2) is 5.61. The van der Waals surface area contributed by atoms with E-state index in [9.17, 15) is 4.39 Å². The van der Waals surface area contributed by atoms with Crippen LogP contribution in [0.1, 0.15) is 36.2 Å². The van der Waals surface area contributed by atoms with Crippen LogP contribution in [-0.2, 0) is 6.42 Å². The van der Waals surface area contributed by atoms with Crippen molar-refractivity contribution in [2.24, 2.45) is 0 Å². The van der Waals surface area contributed by atoms with Crippen LogP contribution in [0.2, 0.25) is 0 Å². The lowest BCUT2D eigenvalue weighted by Crippen LogP contribution is -2.06. The van der Waals surface area contributed by atoms with Gasteiger partial charge in [-0.2, -0.15) is 4.98 Å². The maximum atomic E-state index is 13.5. The van der Waals surface area contributed by atoms with Crippen LogP contribution in [0.15, 0.2) is 28.8 Å². The standard InChI is InChI=1S/C17H17FN4O/c1-10-8-15(13-9-12(18)4-5-14(13)20-10)19-7-6-16-21-17(22-23-16)11-2-3-11/h4-5,8-9,11H,2-3,6-7H2,1H3,(H,19,20). The fourth-order valence-electron chi connectivity index (χ4n) is 2.66. The Labute approximate surface area is 132 Å². The number of aryl methyl sites for hydroxylation is 1. The molecule has 1 saturated carbocycles. The molecule has 0 aliphatic heterocycles. The van der Waals surface area contributed by atoms with E-state index in [0.717, 1.165) is 41.0 Å². The maximum absolute atomic E-state index is 13.5. The number of rotatable bonds is 5. The molecule has 118 valence electrons. The predicted molar refractivity (Wildman–Crippen MR) is 84.9 cm³/mol.